The molecule has 0 aromatic carbocycles. The van der Waals surface area contributed by atoms with E-state index < -0.39 is 16.7 Å². The molecule has 0 atom stereocenters. The second-order valence-electron chi connectivity index (χ2n) is 3.66. The number of hydrogen-bond donors (Lipinski definition) is 1. The topological polar surface area (TPSA) is 37.8 Å². The lowest BCUT2D eigenvalue weighted by Gasteiger charge is -2.30. The Morgan fingerprint density at radius 3 is 2.18 bits per heavy atom. The second-order valence-corrected chi connectivity index (χ2v) is 4.90. The summed E-state index contributed by atoms with van der Waals surface area (Å²) in [6.45, 7) is 3.84. The van der Waals surface area contributed by atoms with Gasteiger partial charge in [0, 0.05) is 5.88 Å². The van der Waals surface area contributed by atoms with Crippen molar-refractivity contribution in [2.24, 2.45) is 0 Å². The van der Waals surface area contributed by atoms with Gasteiger partial charge in [0.25, 0.3) is 0 Å². The Kier molecular flexibility index (Phi) is 4.60. The molecule has 0 aliphatic heterocycles. The van der Waals surface area contributed by atoms with Gasteiger partial charge in [0.15, 0.2) is 0 Å². The summed E-state index contributed by atoms with van der Waals surface area (Å²) in [6.07, 6.45) is -3.04. The Balaban J connectivity index is 2.85. The molecule has 0 unspecified atom stereocenters. The fourth-order valence-corrected chi connectivity index (χ4v) is 2.44. The molecule has 0 aliphatic carbocycles. The summed E-state index contributed by atoms with van der Waals surface area (Å²) in [5, 5.41) is 8.76. The van der Waals surface area contributed by atoms with Crippen molar-refractivity contribution in [1.82, 2.24) is 10.2 Å². The molecule has 3 nitrogen and oxygen atoms in total. The van der Waals surface area contributed by atoms with Gasteiger partial charge < -0.3 is 5.32 Å². The molecule has 98 valence electrons. The van der Waals surface area contributed by atoms with Crippen LogP contribution in [0.3, 0.4) is 0 Å². The smallest absolute Gasteiger partial charge is 0.353 e. The van der Waals surface area contributed by atoms with Crippen LogP contribution >= 0.6 is 22.9 Å². The quantitative estimate of drug-likeness (QED) is 0.838. The molecular formula is C9H13ClF3N3S. The first-order valence-electron chi connectivity index (χ1n) is 5.11. The van der Waals surface area contributed by atoms with Crippen LogP contribution in [0.2, 0.25) is 0 Å². The van der Waals surface area contributed by atoms with E-state index in [4.69, 9.17) is 11.6 Å². The predicted molar refractivity (Wildman–Crippen MR) is 62.6 cm³/mol. The van der Waals surface area contributed by atoms with E-state index in [0.717, 1.165) is 0 Å². The summed E-state index contributed by atoms with van der Waals surface area (Å²) in [7, 11) is 0. The molecule has 0 saturated heterocycles. The highest BCUT2D eigenvalue weighted by atomic mass is 35.5. The average molecular weight is 288 g/mol. The Bertz CT molecular complexity index is 354. The number of hydrogen-bond acceptors (Lipinski definition) is 4. The molecule has 1 N–H and O–H groups in total. The van der Waals surface area contributed by atoms with Gasteiger partial charge in [-0.15, -0.1) is 21.8 Å². The van der Waals surface area contributed by atoms with Crippen LogP contribution in [-0.4, -0.2) is 21.6 Å². The van der Waals surface area contributed by atoms with Gasteiger partial charge in [-0.25, -0.2) is 0 Å². The van der Waals surface area contributed by atoms with E-state index in [9.17, 15) is 13.2 Å². The number of nitrogens with one attached hydrogen (secondary N) is 1. The number of rotatable bonds is 5. The predicted octanol–water partition coefficient (Wildman–Crippen LogP) is 3.77. The van der Waals surface area contributed by atoms with Crippen molar-refractivity contribution in [3.63, 3.8) is 0 Å². The number of halogens is 4. The fourth-order valence-electron chi connectivity index (χ4n) is 1.26. The Morgan fingerprint density at radius 1 is 1.24 bits per heavy atom. The molecule has 0 aliphatic rings. The largest absolute Gasteiger partial charge is 0.445 e. The molecule has 0 bridgehead atoms. The van der Waals surface area contributed by atoms with Crippen LogP contribution in [0.5, 0.6) is 0 Å². The van der Waals surface area contributed by atoms with Gasteiger partial charge in [-0.3, -0.25) is 0 Å². The minimum atomic E-state index is -4.44. The highest BCUT2D eigenvalue weighted by Crippen LogP contribution is 2.34. The molecule has 17 heavy (non-hydrogen) atoms. The zero-order chi connectivity index (χ0) is 13.1. The third-order valence-corrected chi connectivity index (χ3v) is 4.04. The third kappa shape index (κ3) is 3.45. The van der Waals surface area contributed by atoms with Crippen LogP contribution in [0, 0.1) is 0 Å². The van der Waals surface area contributed by atoms with E-state index in [0.29, 0.717) is 30.1 Å². The number of aromatic nitrogens is 2. The molecule has 0 fully saturated rings. The highest BCUT2D eigenvalue weighted by Gasteiger charge is 2.36. The van der Waals surface area contributed by atoms with Crippen molar-refractivity contribution in [2.75, 3.05) is 11.2 Å². The summed E-state index contributed by atoms with van der Waals surface area (Å²) in [5.74, 6) is 0.306. The monoisotopic (exact) mass is 287 g/mol. The van der Waals surface area contributed by atoms with Crippen molar-refractivity contribution in [3.05, 3.63) is 5.01 Å². The van der Waals surface area contributed by atoms with E-state index in [2.05, 4.69) is 15.5 Å². The van der Waals surface area contributed by atoms with E-state index >= 15 is 0 Å². The first kappa shape index (κ1) is 14.5. The van der Waals surface area contributed by atoms with Crippen LogP contribution < -0.4 is 5.32 Å². The molecule has 0 spiro atoms. The van der Waals surface area contributed by atoms with Crippen LogP contribution in [-0.2, 0) is 6.18 Å². The Hall–Kier alpha value is -0.560. The number of anilines is 1. The van der Waals surface area contributed by atoms with Crippen LogP contribution in [0.4, 0.5) is 18.3 Å². The first-order valence-corrected chi connectivity index (χ1v) is 6.47. The minimum Gasteiger partial charge on any atom is -0.353 e. The standard InChI is InChI=1S/C9H13ClF3N3S/c1-3-8(4-2,5-10)14-7-16-15-6(17-7)9(11,12)13/h3-5H2,1-2H3,(H,14,16). The van der Waals surface area contributed by atoms with Gasteiger partial charge >= 0.3 is 6.18 Å². The maximum absolute atomic E-state index is 12.3. The van der Waals surface area contributed by atoms with Crippen LogP contribution in [0.1, 0.15) is 31.7 Å². The second kappa shape index (κ2) is 5.39. The van der Waals surface area contributed by atoms with E-state index in [1.807, 2.05) is 13.8 Å². The van der Waals surface area contributed by atoms with Crippen molar-refractivity contribution in [3.8, 4) is 0 Å². The van der Waals surface area contributed by atoms with Crippen molar-refractivity contribution in [1.29, 1.82) is 0 Å². The van der Waals surface area contributed by atoms with Gasteiger partial charge in [-0.2, -0.15) is 13.2 Å². The first-order chi connectivity index (χ1) is 7.87. The molecule has 1 heterocycles. The molecule has 1 aromatic heterocycles. The highest BCUT2D eigenvalue weighted by molar-refractivity contribution is 7.15. The molecule has 1 rings (SSSR count). The summed E-state index contributed by atoms with van der Waals surface area (Å²) in [5.41, 5.74) is -0.427. The maximum Gasteiger partial charge on any atom is 0.445 e. The molecule has 0 radical (unpaired) electrons. The van der Waals surface area contributed by atoms with Crippen LogP contribution in [0.15, 0.2) is 0 Å². The normalized spacial score (nSPS) is 12.8. The zero-order valence-electron chi connectivity index (χ0n) is 9.44. The van der Waals surface area contributed by atoms with Gasteiger partial charge in [0.1, 0.15) is 0 Å². The van der Waals surface area contributed by atoms with Gasteiger partial charge in [-0.1, -0.05) is 25.2 Å². The Morgan fingerprint density at radius 2 is 1.82 bits per heavy atom. The van der Waals surface area contributed by atoms with Crippen molar-refractivity contribution < 1.29 is 13.2 Å². The van der Waals surface area contributed by atoms with Gasteiger partial charge in [-0.05, 0) is 12.8 Å². The lowest BCUT2D eigenvalue weighted by Crippen LogP contribution is -2.38. The van der Waals surface area contributed by atoms with Crippen molar-refractivity contribution in [2.45, 2.75) is 38.4 Å². The molecule has 0 amide bonds. The van der Waals surface area contributed by atoms with Gasteiger partial charge in [0.2, 0.25) is 10.1 Å². The van der Waals surface area contributed by atoms with Gasteiger partial charge in [0.05, 0.1) is 5.54 Å². The lowest BCUT2D eigenvalue weighted by molar-refractivity contribution is -0.138. The number of alkyl halides is 4. The van der Waals surface area contributed by atoms with Crippen LogP contribution in [0.25, 0.3) is 0 Å². The summed E-state index contributed by atoms with van der Waals surface area (Å²) < 4.78 is 37.0. The maximum atomic E-state index is 12.3. The zero-order valence-corrected chi connectivity index (χ0v) is 11.0. The third-order valence-electron chi connectivity index (χ3n) is 2.65. The SMILES string of the molecule is CCC(CC)(CCl)Nc1nnc(C(F)(F)F)s1. The summed E-state index contributed by atoms with van der Waals surface area (Å²) in [4.78, 5) is 0. The van der Waals surface area contributed by atoms with E-state index in [1.165, 1.54) is 0 Å². The Labute approximate surface area is 106 Å². The van der Waals surface area contributed by atoms with Crippen molar-refractivity contribution >= 4 is 28.1 Å². The molecule has 1 aromatic rings. The van der Waals surface area contributed by atoms with E-state index in [1.54, 1.807) is 0 Å². The average Bonchev–Trinajstić information content (AvgIpc) is 2.74. The number of nitrogens with zero attached hydrogens (tertiary/aromatic N) is 2. The molecule has 8 heteroatoms. The molecule has 0 saturated carbocycles. The lowest BCUT2D eigenvalue weighted by atomic mass is 9.96. The summed E-state index contributed by atoms with van der Waals surface area (Å²) in [6, 6.07) is 0. The summed E-state index contributed by atoms with van der Waals surface area (Å²) >= 11 is 6.34. The van der Waals surface area contributed by atoms with E-state index in [-0.39, 0.29) is 5.13 Å². The molecular weight excluding hydrogens is 275 g/mol. The fraction of sp³-hybridized carbons (Fsp3) is 0.778. The minimum absolute atomic E-state index is 0.154.